The van der Waals surface area contributed by atoms with Gasteiger partial charge in [0, 0.05) is 12.5 Å². The highest BCUT2D eigenvalue weighted by molar-refractivity contribution is 5.79. The van der Waals surface area contributed by atoms with Crippen LogP contribution in [0.15, 0.2) is 24.3 Å². The molecule has 0 heterocycles. The lowest BCUT2D eigenvalue weighted by Gasteiger charge is -2.16. The summed E-state index contributed by atoms with van der Waals surface area (Å²) in [7, 11) is 0. The maximum atomic E-state index is 12.0. The molecule has 0 bridgehead atoms. The smallest absolute Gasteiger partial charge is 0.308 e. The van der Waals surface area contributed by atoms with Crippen molar-refractivity contribution >= 4 is 11.9 Å². The van der Waals surface area contributed by atoms with Crippen molar-refractivity contribution in [1.29, 1.82) is 0 Å². The molecule has 1 saturated carbocycles. The molecular weight excluding hydrogens is 266 g/mol. The molecule has 1 atom stereocenters. The Morgan fingerprint density at radius 2 is 1.86 bits per heavy atom. The van der Waals surface area contributed by atoms with Crippen molar-refractivity contribution in [3.05, 3.63) is 35.4 Å². The number of amides is 1. The van der Waals surface area contributed by atoms with Gasteiger partial charge in [-0.2, -0.15) is 0 Å². The van der Waals surface area contributed by atoms with E-state index in [9.17, 15) is 14.7 Å². The summed E-state index contributed by atoms with van der Waals surface area (Å²) in [6.07, 6.45) is 4.51. The van der Waals surface area contributed by atoms with Gasteiger partial charge in [-0.05, 0) is 31.7 Å². The van der Waals surface area contributed by atoms with Crippen LogP contribution in [0.2, 0.25) is 0 Å². The number of benzene rings is 1. The molecule has 1 aromatic carbocycles. The number of rotatable bonds is 6. The number of nitrogens with one attached hydrogen (secondary N) is 1. The number of carboxylic acid groups (broad SMARTS) is 1. The SMILES string of the molecule is Cc1ccc(CC(CNC(=O)C2CCCC2)C(=O)O)cc1. The minimum absolute atomic E-state index is 0.0163. The molecule has 1 aliphatic carbocycles. The Labute approximate surface area is 125 Å². The summed E-state index contributed by atoms with van der Waals surface area (Å²) in [5, 5.41) is 12.1. The number of carbonyl (C=O) groups excluding carboxylic acids is 1. The Morgan fingerprint density at radius 1 is 1.24 bits per heavy atom. The first-order valence-corrected chi connectivity index (χ1v) is 7.62. The van der Waals surface area contributed by atoms with Crippen LogP contribution in [0, 0.1) is 18.8 Å². The second-order valence-electron chi connectivity index (χ2n) is 5.95. The second-order valence-corrected chi connectivity index (χ2v) is 5.95. The fraction of sp³-hybridized carbons (Fsp3) is 0.529. The summed E-state index contributed by atoms with van der Waals surface area (Å²) in [4.78, 5) is 23.3. The van der Waals surface area contributed by atoms with Gasteiger partial charge in [-0.25, -0.2) is 0 Å². The topological polar surface area (TPSA) is 66.4 Å². The monoisotopic (exact) mass is 289 g/mol. The van der Waals surface area contributed by atoms with Crippen molar-refractivity contribution in [3.8, 4) is 0 Å². The first kappa shape index (κ1) is 15.5. The van der Waals surface area contributed by atoms with E-state index in [4.69, 9.17) is 0 Å². The summed E-state index contributed by atoms with van der Waals surface area (Å²) in [6.45, 7) is 2.21. The van der Waals surface area contributed by atoms with E-state index in [1.807, 2.05) is 31.2 Å². The fourth-order valence-electron chi connectivity index (χ4n) is 2.81. The lowest BCUT2D eigenvalue weighted by atomic mass is 9.98. The van der Waals surface area contributed by atoms with Crippen LogP contribution in [0.5, 0.6) is 0 Å². The third-order valence-corrected chi connectivity index (χ3v) is 4.20. The van der Waals surface area contributed by atoms with Crippen LogP contribution in [-0.4, -0.2) is 23.5 Å². The van der Waals surface area contributed by atoms with Crippen LogP contribution in [0.25, 0.3) is 0 Å². The van der Waals surface area contributed by atoms with Gasteiger partial charge in [0.15, 0.2) is 0 Å². The fourth-order valence-corrected chi connectivity index (χ4v) is 2.81. The minimum atomic E-state index is -0.859. The van der Waals surface area contributed by atoms with Crippen LogP contribution in [0.3, 0.4) is 0 Å². The molecule has 21 heavy (non-hydrogen) atoms. The summed E-state index contributed by atoms with van der Waals surface area (Å²) in [5.41, 5.74) is 2.14. The second kappa shape index (κ2) is 7.25. The first-order valence-electron chi connectivity index (χ1n) is 7.62. The van der Waals surface area contributed by atoms with Crippen molar-refractivity contribution in [2.45, 2.75) is 39.0 Å². The van der Waals surface area contributed by atoms with E-state index in [0.717, 1.165) is 36.8 Å². The zero-order valence-electron chi connectivity index (χ0n) is 12.5. The molecule has 0 aliphatic heterocycles. The van der Waals surface area contributed by atoms with E-state index in [2.05, 4.69) is 5.32 Å². The van der Waals surface area contributed by atoms with Crippen LogP contribution < -0.4 is 5.32 Å². The van der Waals surface area contributed by atoms with Crippen molar-refractivity contribution in [2.24, 2.45) is 11.8 Å². The highest BCUT2D eigenvalue weighted by Crippen LogP contribution is 2.24. The summed E-state index contributed by atoms with van der Waals surface area (Å²) in [5.74, 6) is -1.33. The molecule has 1 aliphatic rings. The van der Waals surface area contributed by atoms with Crippen molar-refractivity contribution in [3.63, 3.8) is 0 Å². The standard InChI is InChI=1S/C17H23NO3/c1-12-6-8-13(9-7-12)10-15(17(20)21)11-18-16(19)14-4-2-3-5-14/h6-9,14-15H,2-5,10-11H2,1H3,(H,18,19)(H,20,21). The van der Waals surface area contributed by atoms with Gasteiger partial charge in [0.2, 0.25) is 5.91 Å². The Hall–Kier alpha value is -1.84. The zero-order chi connectivity index (χ0) is 15.2. The maximum absolute atomic E-state index is 12.0. The van der Waals surface area contributed by atoms with Gasteiger partial charge in [0.05, 0.1) is 5.92 Å². The number of carboxylic acids is 1. The van der Waals surface area contributed by atoms with Gasteiger partial charge in [-0.1, -0.05) is 42.7 Å². The summed E-state index contributed by atoms with van der Waals surface area (Å²) in [6, 6.07) is 7.85. The van der Waals surface area contributed by atoms with E-state index in [-0.39, 0.29) is 18.4 Å². The van der Waals surface area contributed by atoms with Crippen LogP contribution >= 0.6 is 0 Å². The number of aryl methyl sites for hydroxylation is 1. The van der Waals surface area contributed by atoms with Gasteiger partial charge >= 0.3 is 5.97 Å². The number of hydrogen-bond donors (Lipinski definition) is 2. The van der Waals surface area contributed by atoms with E-state index in [1.165, 1.54) is 0 Å². The molecule has 0 spiro atoms. The van der Waals surface area contributed by atoms with Crippen molar-refractivity contribution in [1.82, 2.24) is 5.32 Å². The Morgan fingerprint density at radius 3 is 2.43 bits per heavy atom. The number of carbonyl (C=O) groups is 2. The average molecular weight is 289 g/mol. The highest BCUT2D eigenvalue weighted by atomic mass is 16.4. The van der Waals surface area contributed by atoms with Crippen LogP contribution in [0.1, 0.15) is 36.8 Å². The molecule has 4 heteroatoms. The predicted octanol–water partition coefficient (Wildman–Crippen LogP) is 2.54. The van der Waals surface area contributed by atoms with Crippen LogP contribution in [0.4, 0.5) is 0 Å². The molecule has 0 saturated heterocycles. The molecule has 1 aromatic rings. The third kappa shape index (κ3) is 4.59. The van der Waals surface area contributed by atoms with Gasteiger partial charge in [0.25, 0.3) is 0 Å². The molecule has 1 amide bonds. The molecule has 2 rings (SSSR count). The average Bonchev–Trinajstić information content (AvgIpc) is 2.99. The van der Waals surface area contributed by atoms with E-state index >= 15 is 0 Å². The third-order valence-electron chi connectivity index (χ3n) is 4.20. The Kier molecular flexibility index (Phi) is 5.37. The lowest BCUT2D eigenvalue weighted by molar-refractivity contribution is -0.141. The van der Waals surface area contributed by atoms with Gasteiger partial charge in [-0.15, -0.1) is 0 Å². The van der Waals surface area contributed by atoms with E-state index in [1.54, 1.807) is 0 Å². The largest absolute Gasteiger partial charge is 0.481 e. The van der Waals surface area contributed by atoms with Crippen molar-refractivity contribution in [2.75, 3.05) is 6.54 Å². The van der Waals surface area contributed by atoms with Crippen LogP contribution in [-0.2, 0) is 16.0 Å². The molecule has 1 fully saturated rings. The number of hydrogen-bond acceptors (Lipinski definition) is 2. The molecule has 114 valence electrons. The normalized spacial score (nSPS) is 16.6. The molecule has 0 aromatic heterocycles. The minimum Gasteiger partial charge on any atom is -0.481 e. The molecule has 2 N–H and O–H groups in total. The molecule has 0 radical (unpaired) electrons. The van der Waals surface area contributed by atoms with Gasteiger partial charge < -0.3 is 10.4 Å². The predicted molar refractivity (Wildman–Crippen MR) is 81.0 cm³/mol. The first-order chi connectivity index (χ1) is 10.1. The van der Waals surface area contributed by atoms with Crippen molar-refractivity contribution < 1.29 is 14.7 Å². The summed E-state index contributed by atoms with van der Waals surface area (Å²) < 4.78 is 0. The lowest BCUT2D eigenvalue weighted by Crippen LogP contribution is -2.36. The van der Waals surface area contributed by atoms with E-state index in [0.29, 0.717) is 6.42 Å². The highest BCUT2D eigenvalue weighted by Gasteiger charge is 2.25. The summed E-state index contributed by atoms with van der Waals surface area (Å²) >= 11 is 0. The Balaban J connectivity index is 1.88. The van der Waals surface area contributed by atoms with Gasteiger partial charge in [0.1, 0.15) is 0 Å². The maximum Gasteiger partial charge on any atom is 0.308 e. The molecule has 1 unspecified atom stereocenters. The number of aliphatic carboxylic acids is 1. The molecule has 4 nitrogen and oxygen atoms in total. The molecular formula is C17H23NO3. The zero-order valence-corrected chi connectivity index (χ0v) is 12.5. The quantitative estimate of drug-likeness (QED) is 0.845. The van der Waals surface area contributed by atoms with E-state index < -0.39 is 11.9 Å². The Bertz CT molecular complexity index is 489. The van der Waals surface area contributed by atoms with Gasteiger partial charge in [-0.3, -0.25) is 9.59 Å².